The first-order chi connectivity index (χ1) is 13.8. The molecule has 152 valence electrons. The molecule has 0 radical (unpaired) electrons. The maximum atomic E-state index is 5.26. The second kappa shape index (κ2) is 9.11. The lowest BCUT2D eigenvalue weighted by Crippen LogP contribution is -3.29. The molecule has 7 nitrogen and oxygen atoms in total. The Morgan fingerprint density at radius 3 is 2.50 bits per heavy atom. The number of ether oxygens (including phenoxy) is 1. The molecule has 1 atom stereocenters. The van der Waals surface area contributed by atoms with Gasteiger partial charge in [0.05, 0.1) is 19.2 Å². The lowest BCUT2D eigenvalue weighted by molar-refractivity contribution is -1.03. The number of hydrogen-bond acceptors (Lipinski definition) is 4. The third kappa shape index (κ3) is 4.26. The number of aromatic nitrogens is 4. The van der Waals surface area contributed by atoms with Crippen molar-refractivity contribution in [1.82, 2.24) is 20.2 Å². The third-order valence-electron chi connectivity index (χ3n) is 6.61. The predicted octanol–water partition coefficient (Wildman–Crippen LogP) is -0.557. The molecule has 1 aliphatic carbocycles. The largest absolute Gasteiger partial charge is 0.383 e. The first-order valence-electron chi connectivity index (χ1n) is 10.8. The number of methoxy groups -OCH3 is 1. The van der Waals surface area contributed by atoms with Crippen molar-refractivity contribution < 1.29 is 14.5 Å². The van der Waals surface area contributed by atoms with Crippen LogP contribution in [0.3, 0.4) is 0 Å². The number of benzene rings is 1. The fourth-order valence-corrected chi connectivity index (χ4v) is 5.00. The Balaban J connectivity index is 1.55. The number of rotatable bonds is 7. The van der Waals surface area contributed by atoms with Crippen molar-refractivity contribution in [2.75, 3.05) is 39.9 Å². The summed E-state index contributed by atoms with van der Waals surface area (Å²) in [4.78, 5) is 3.40. The Morgan fingerprint density at radius 1 is 1.11 bits per heavy atom. The van der Waals surface area contributed by atoms with E-state index in [1.54, 1.807) is 12.0 Å². The molecule has 1 aromatic carbocycles. The molecule has 1 saturated carbocycles. The summed E-state index contributed by atoms with van der Waals surface area (Å²) in [7, 11) is 1.72. The average Bonchev–Trinajstić information content (AvgIpc) is 3.41. The lowest BCUT2D eigenvalue weighted by Gasteiger charge is -2.36. The number of hydrogen-bond donors (Lipinski definition) is 2. The summed E-state index contributed by atoms with van der Waals surface area (Å²) >= 11 is 0. The standard InChI is InChI=1S/C21H32N6O/c1-17-7-9-18(10-8-17)20(21-22-23-24-27(21)15-16-28-2)26-13-11-25(12-14-26)19-5-3-4-6-19/h7-10,19-20H,3-6,11-16H2,1-2H3/p+2/t20-/m0/s1. The van der Waals surface area contributed by atoms with Crippen LogP contribution < -0.4 is 9.80 Å². The lowest BCUT2D eigenvalue weighted by atomic mass is 10.0. The molecule has 2 N–H and O–H groups in total. The molecule has 0 bridgehead atoms. The first-order valence-corrected chi connectivity index (χ1v) is 10.8. The van der Waals surface area contributed by atoms with Gasteiger partial charge in [-0.15, -0.1) is 5.10 Å². The van der Waals surface area contributed by atoms with Crippen LogP contribution in [0.1, 0.15) is 48.7 Å². The van der Waals surface area contributed by atoms with E-state index in [0.29, 0.717) is 13.2 Å². The average molecular weight is 387 g/mol. The van der Waals surface area contributed by atoms with Crippen LogP contribution in [-0.4, -0.2) is 66.1 Å². The number of piperazine rings is 1. The van der Waals surface area contributed by atoms with Gasteiger partial charge in [-0.25, -0.2) is 4.68 Å². The van der Waals surface area contributed by atoms with Crippen molar-refractivity contribution in [1.29, 1.82) is 0 Å². The van der Waals surface area contributed by atoms with Gasteiger partial charge < -0.3 is 14.5 Å². The van der Waals surface area contributed by atoms with Gasteiger partial charge in [-0.2, -0.15) is 0 Å². The molecular weight excluding hydrogens is 352 g/mol. The van der Waals surface area contributed by atoms with E-state index in [1.807, 2.05) is 9.58 Å². The zero-order valence-electron chi connectivity index (χ0n) is 17.2. The highest BCUT2D eigenvalue weighted by atomic mass is 16.5. The van der Waals surface area contributed by atoms with E-state index in [4.69, 9.17) is 4.74 Å². The van der Waals surface area contributed by atoms with Crippen molar-refractivity contribution in [3.05, 3.63) is 41.2 Å². The van der Waals surface area contributed by atoms with Crippen LogP contribution in [0.15, 0.2) is 24.3 Å². The number of tetrazole rings is 1. The van der Waals surface area contributed by atoms with E-state index in [1.165, 1.54) is 63.0 Å². The smallest absolute Gasteiger partial charge is 0.214 e. The zero-order chi connectivity index (χ0) is 19.3. The Morgan fingerprint density at radius 2 is 1.82 bits per heavy atom. The summed E-state index contributed by atoms with van der Waals surface area (Å²) in [5.41, 5.74) is 2.59. The molecule has 28 heavy (non-hydrogen) atoms. The Kier molecular flexibility index (Phi) is 6.34. The molecule has 0 amide bonds. The summed E-state index contributed by atoms with van der Waals surface area (Å²) < 4.78 is 7.19. The van der Waals surface area contributed by atoms with Crippen LogP contribution in [0.5, 0.6) is 0 Å². The molecule has 2 heterocycles. The van der Waals surface area contributed by atoms with Gasteiger partial charge in [0.2, 0.25) is 5.82 Å². The first kappa shape index (κ1) is 19.5. The van der Waals surface area contributed by atoms with Gasteiger partial charge in [0.1, 0.15) is 26.2 Å². The number of quaternary nitrogens is 2. The molecule has 2 fully saturated rings. The topological polar surface area (TPSA) is 61.7 Å². The van der Waals surface area contributed by atoms with Gasteiger partial charge in [0.25, 0.3) is 0 Å². The van der Waals surface area contributed by atoms with E-state index >= 15 is 0 Å². The molecule has 0 spiro atoms. The molecule has 4 rings (SSSR count). The quantitative estimate of drug-likeness (QED) is 0.670. The SMILES string of the molecule is COCCn1nnnc1[C@H](c1ccc(C)cc1)[NH+]1CC[NH+](C2CCCC2)CC1. The highest BCUT2D eigenvalue weighted by molar-refractivity contribution is 5.26. The fraction of sp³-hybridized carbons (Fsp3) is 0.667. The van der Waals surface area contributed by atoms with Gasteiger partial charge in [0, 0.05) is 12.7 Å². The van der Waals surface area contributed by atoms with Crippen LogP contribution in [0.25, 0.3) is 0 Å². The van der Waals surface area contributed by atoms with Crippen LogP contribution in [0.4, 0.5) is 0 Å². The Labute approximate surface area is 167 Å². The van der Waals surface area contributed by atoms with Gasteiger partial charge in [-0.1, -0.05) is 29.8 Å². The van der Waals surface area contributed by atoms with Gasteiger partial charge in [0.15, 0.2) is 6.04 Å². The second-order valence-corrected chi connectivity index (χ2v) is 8.39. The van der Waals surface area contributed by atoms with Crippen LogP contribution in [-0.2, 0) is 11.3 Å². The second-order valence-electron chi connectivity index (χ2n) is 8.39. The monoisotopic (exact) mass is 386 g/mol. The van der Waals surface area contributed by atoms with Gasteiger partial charge >= 0.3 is 0 Å². The normalized spacial score (nSPS) is 24.5. The summed E-state index contributed by atoms with van der Waals surface area (Å²) in [5, 5.41) is 12.7. The van der Waals surface area contributed by atoms with Crippen molar-refractivity contribution >= 4 is 0 Å². The van der Waals surface area contributed by atoms with Crippen LogP contribution >= 0.6 is 0 Å². The van der Waals surface area contributed by atoms with E-state index in [2.05, 4.69) is 46.7 Å². The molecule has 7 heteroatoms. The maximum Gasteiger partial charge on any atom is 0.214 e. The minimum absolute atomic E-state index is 0.178. The van der Waals surface area contributed by atoms with E-state index in [9.17, 15) is 0 Å². The van der Waals surface area contributed by atoms with E-state index < -0.39 is 0 Å². The van der Waals surface area contributed by atoms with Gasteiger partial charge in [-0.3, -0.25) is 0 Å². The number of nitrogens with zero attached hydrogens (tertiary/aromatic N) is 4. The fourth-order valence-electron chi connectivity index (χ4n) is 5.00. The maximum absolute atomic E-state index is 5.26. The Hall–Kier alpha value is -1.83. The molecule has 2 aromatic rings. The number of nitrogens with one attached hydrogen (secondary N) is 2. The van der Waals surface area contributed by atoms with E-state index in [-0.39, 0.29) is 6.04 Å². The number of aryl methyl sites for hydroxylation is 1. The molecule has 0 unspecified atom stereocenters. The third-order valence-corrected chi connectivity index (χ3v) is 6.61. The predicted molar refractivity (Wildman–Crippen MR) is 106 cm³/mol. The Bertz CT molecular complexity index is 732. The van der Waals surface area contributed by atoms with Gasteiger partial charge in [-0.05, 0) is 43.0 Å². The highest BCUT2D eigenvalue weighted by Crippen LogP contribution is 2.18. The van der Waals surface area contributed by atoms with Crippen molar-refractivity contribution in [2.45, 2.75) is 51.2 Å². The van der Waals surface area contributed by atoms with E-state index in [0.717, 1.165) is 11.9 Å². The molecule has 1 aliphatic heterocycles. The van der Waals surface area contributed by atoms with Crippen LogP contribution in [0, 0.1) is 6.92 Å². The highest BCUT2D eigenvalue weighted by Gasteiger charge is 2.37. The molecular formula is C21H34N6O+2. The molecule has 1 saturated heterocycles. The van der Waals surface area contributed by atoms with Crippen molar-refractivity contribution in [3.63, 3.8) is 0 Å². The minimum atomic E-state index is 0.178. The summed E-state index contributed by atoms with van der Waals surface area (Å²) in [6, 6.07) is 9.97. The summed E-state index contributed by atoms with van der Waals surface area (Å²) in [6.45, 7) is 8.28. The summed E-state index contributed by atoms with van der Waals surface area (Å²) in [5.74, 6) is 0.959. The molecule has 2 aliphatic rings. The van der Waals surface area contributed by atoms with Crippen molar-refractivity contribution in [3.8, 4) is 0 Å². The zero-order valence-corrected chi connectivity index (χ0v) is 17.2. The summed E-state index contributed by atoms with van der Waals surface area (Å²) in [6.07, 6.45) is 5.68. The van der Waals surface area contributed by atoms with Crippen LogP contribution in [0.2, 0.25) is 0 Å². The van der Waals surface area contributed by atoms with Crippen molar-refractivity contribution in [2.24, 2.45) is 0 Å². The molecule has 1 aromatic heterocycles. The minimum Gasteiger partial charge on any atom is -0.383 e.